The second-order valence-corrected chi connectivity index (χ2v) is 9.92. The Hall–Kier alpha value is -4.30. The van der Waals surface area contributed by atoms with E-state index in [1.807, 2.05) is 59.5 Å². The molecule has 2 aliphatic rings. The van der Waals surface area contributed by atoms with Crippen LogP contribution in [-0.2, 0) is 0 Å². The lowest BCUT2D eigenvalue weighted by Crippen LogP contribution is -2.68. The molecule has 198 valence electrons. The van der Waals surface area contributed by atoms with Gasteiger partial charge in [-0.05, 0) is 73.5 Å². The van der Waals surface area contributed by atoms with E-state index in [1.165, 1.54) is 0 Å². The van der Waals surface area contributed by atoms with Gasteiger partial charge in [-0.1, -0.05) is 36.1 Å². The van der Waals surface area contributed by atoms with Crippen molar-refractivity contribution in [2.75, 3.05) is 38.7 Å². The SMILES string of the molecule is COc1ccc(NC(=O)N2CCCCN3[C@H](CO)[C@H](c4ccc(C#Cc5ccccc5C#N)cc4)[C@@H]3C2)cc1. The number of aliphatic hydroxyl groups excluding tert-OH is 1. The number of hydrogen-bond acceptors (Lipinski definition) is 5. The van der Waals surface area contributed by atoms with Crippen molar-refractivity contribution in [3.8, 4) is 23.7 Å². The molecule has 2 fully saturated rings. The quantitative estimate of drug-likeness (QED) is 0.497. The molecule has 2 heterocycles. The summed E-state index contributed by atoms with van der Waals surface area (Å²) in [6, 6.07) is 25.0. The zero-order valence-electron chi connectivity index (χ0n) is 22.0. The summed E-state index contributed by atoms with van der Waals surface area (Å²) in [6.07, 6.45) is 1.90. The first-order chi connectivity index (χ1) is 19.1. The third-order valence-electron chi connectivity index (χ3n) is 7.68. The lowest BCUT2D eigenvalue weighted by molar-refractivity contribution is -0.0585. The van der Waals surface area contributed by atoms with Crippen LogP contribution in [0.1, 0.15) is 41.0 Å². The van der Waals surface area contributed by atoms with Gasteiger partial charge in [0.15, 0.2) is 0 Å². The molecule has 3 aromatic rings. The number of nitriles is 1. The largest absolute Gasteiger partial charge is 0.497 e. The summed E-state index contributed by atoms with van der Waals surface area (Å²) in [5.74, 6) is 7.12. The van der Waals surface area contributed by atoms with Crippen LogP contribution in [0.15, 0.2) is 72.8 Å². The first-order valence-electron chi connectivity index (χ1n) is 13.3. The summed E-state index contributed by atoms with van der Waals surface area (Å²) in [5.41, 5.74) is 4.00. The molecular formula is C32H32N4O3. The number of nitrogens with one attached hydrogen (secondary N) is 1. The van der Waals surface area contributed by atoms with E-state index in [2.05, 4.69) is 40.3 Å². The highest BCUT2D eigenvalue weighted by Gasteiger charge is 2.49. The topological polar surface area (TPSA) is 88.8 Å². The van der Waals surface area contributed by atoms with Gasteiger partial charge in [0.25, 0.3) is 0 Å². The van der Waals surface area contributed by atoms with Gasteiger partial charge in [0.05, 0.1) is 19.3 Å². The van der Waals surface area contributed by atoms with Crippen LogP contribution < -0.4 is 10.1 Å². The zero-order chi connectivity index (χ0) is 27.2. The van der Waals surface area contributed by atoms with E-state index in [9.17, 15) is 15.2 Å². The molecule has 0 radical (unpaired) electrons. The van der Waals surface area contributed by atoms with E-state index in [4.69, 9.17) is 4.74 Å². The molecule has 2 N–H and O–H groups in total. The van der Waals surface area contributed by atoms with Gasteiger partial charge in [-0.15, -0.1) is 0 Å². The van der Waals surface area contributed by atoms with Crippen LogP contribution >= 0.6 is 0 Å². The average Bonchev–Trinajstić information content (AvgIpc) is 2.96. The number of rotatable bonds is 4. The summed E-state index contributed by atoms with van der Waals surface area (Å²) >= 11 is 0. The number of amides is 2. The maximum Gasteiger partial charge on any atom is 0.321 e. The fourth-order valence-corrected chi connectivity index (χ4v) is 5.62. The van der Waals surface area contributed by atoms with Crippen molar-refractivity contribution in [1.29, 1.82) is 5.26 Å². The summed E-state index contributed by atoms with van der Waals surface area (Å²) < 4.78 is 5.21. The Labute approximate surface area is 229 Å². The van der Waals surface area contributed by atoms with Crippen molar-refractivity contribution in [1.82, 2.24) is 9.80 Å². The number of carbonyl (C=O) groups excluding carboxylic acids is 1. The number of hydrogen-bond donors (Lipinski definition) is 2. The molecular weight excluding hydrogens is 488 g/mol. The van der Waals surface area contributed by atoms with Crippen LogP contribution in [-0.4, -0.2) is 66.4 Å². The molecule has 0 aliphatic carbocycles. The number of benzene rings is 3. The summed E-state index contributed by atoms with van der Waals surface area (Å²) in [4.78, 5) is 17.5. The molecule has 3 aromatic carbocycles. The van der Waals surface area contributed by atoms with Gasteiger partial charge in [-0.2, -0.15) is 5.26 Å². The van der Waals surface area contributed by atoms with Gasteiger partial charge in [-0.3, -0.25) is 4.90 Å². The van der Waals surface area contributed by atoms with E-state index < -0.39 is 0 Å². The number of nitrogens with zero attached hydrogens (tertiary/aromatic N) is 3. The van der Waals surface area contributed by atoms with Crippen LogP contribution in [0, 0.1) is 23.2 Å². The van der Waals surface area contributed by atoms with Crippen LogP contribution in [0.5, 0.6) is 5.75 Å². The Morgan fingerprint density at radius 2 is 1.72 bits per heavy atom. The van der Waals surface area contributed by atoms with Crippen LogP contribution in [0.25, 0.3) is 0 Å². The first-order valence-corrected chi connectivity index (χ1v) is 13.3. The highest BCUT2D eigenvalue weighted by molar-refractivity contribution is 5.89. The molecule has 3 atom stereocenters. The maximum atomic E-state index is 13.2. The molecule has 2 amide bonds. The first kappa shape index (κ1) is 26.3. The number of aliphatic hydroxyl groups is 1. The number of methoxy groups -OCH3 is 1. The van der Waals surface area contributed by atoms with Gasteiger partial charge >= 0.3 is 6.03 Å². The number of fused-ring (bicyclic) bond motifs is 1. The Kier molecular flexibility index (Phi) is 8.13. The van der Waals surface area contributed by atoms with Crippen LogP contribution in [0.4, 0.5) is 10.5 Å². The van der Waals surface area contributed by atoms with Crippen molar-refractivity contribution in [2.45, 2.75) is 30.8 Å². The normalized spacial score (nSPS) is 20.6. The minimum atomic E-state index is -0.114. The number of ether oxygens (including phenoxy) is 1. The average molecular weight is 521 g/mol. The molecule has 2 saturated heterocycles. The minimum Gasteiger partial charge on any atom is -0.497 e. The highest BCUT2D eigenvalue weighted by Crippen LogP contribution is 2.42. The Balaban J connectivity index is 1.31. The predicted octanol–water partition coefficient (Wildman–Crippen LogP) is 4.42. The third kappa shape index (κ3) is 5.76. The van der Waals surface area contributed by atoms with Gasteiger partial charge in [-0.25, -0.2) is 4.79 Å². The molecule has 7 heteroatoms. The van der Waals surface area contributed by atoms with E-state index >= 15 is 0 Å². The molecule has 0 aromatic heterocycles. The fraction of sp³-hybridized carbons (Fsp3) is 0.312. The van der Waals surface area contributed by atoms with Gasteiger partial charge in [0.1, 0.15) is 11.8 Å². The van der Waals surface area contributed by atoms with Gasteiger partial charge in [0, 0.05) is 47.9 Å². The number of urea groups is 1. The Morgan fingerprint density at radius 1 is 1.00 bits per heavy atom. The van der Waals surface area contributed by atoms with Crippen LogP contribution in [0.2, 0.25) is 0 Å². The molecule has 0 spiro atoms. The lowest BCUT2D eigenvalue weighted by Gasteiger charge is -2.57. The van der Waals surface area contributed by atoms with E-state index in [0.29, 0.717) is 24.2 Å². The molecule has 7 nitrogen and oxygen atoms in total. The zero-order valence-corrected chi connectivity index (χ0v) is 22.0. The van der Waals surface area contributed by atoms with Crippen LogP contribution in [0.3, 0.4) is 0 Å². The van der Waals surface area contributed by atoms with Crippen molar-refractivity contribution < 1.29 is 14.6 Å². The number of anilines is 1. The Bertz CT molecular complexity index is 1400. The monoisotopic (exact) mass is 520 g/mol. The van der Waals surface area contributed by atoms with E-state index in [-0.39, 0.29) is 30.6 Å². The summed E-state index contributed by atoms with van der Waals surface area (Å²) in [6.45, 7) is 2.28. The van der Waals surface area contributed by atoms with Gasteiger partial charge in [0.2, 0.25) is 0 Å². The van der Waals surface area contributed by atoms with E-state index in [1.54, 1.807) is 13.2 Å². The van der Waals surface area contributed by atoms with Gasteiger partial charge < -0.3 is 20.1 Å². The number of carbonyl (C=O) groups is 1. The fourth-order valence-electron chi connectivity index (χ4n) is 5.62. The molecule has 5 rings (SSSR count). The van der Waals surface area contributed by atoms with Crippen molar-refractivity contribution in [3.05, 3.63) is 95.1 Å². The highest BCUT2D eigenvalue weighted by atomic mass is 16.5. The molecule has 0 unspecified atom stereocenters. The minimum absolute atomic E-state index is 0.0269. The predicted molar refractivity (Wildman–Crippen MR) is 151 cm³/mol. The molecule has 0 bridgehead atoms. The second-order valence-electron chi connectivity index (χ2n) is 9.92. The van der Waals surface area contributed by atoms with Crippen molar-refractivity contribution >= 4 is 11.7 Å². The molecule has 39 heavy (non-hydrogen) atoms. The smallest absolute Gasteiger partial charge is 0.321 e. The van der Waals surface area contributed by atoms with Crippen molar-refractivity contribution in [2.24, 2.45) is 0 Å². The summed E-state index contributed by atoms with van der Waals surface area (Å²) in [5, 5.41) is 22.6. The van der Waals surface area contributed by atoms with Crippen molar-refractivity contribution in [3.63, 3.8) is 0 Å². The van der Waals surface area contributed by atoms with E-state index in [0.717, 1.165) is 42.0 Å². The summed E-state index contributed by atoms with van der Waals surface area (Å²) in [7, 11) is 1.62. The molecule has 0 saturated carbocycles. The Morgan fingerprint density at radius 3 is 2.41 bits per heavy atom. The second kappa shape index (κ2) is 12.0. The standard InChI is InChI=1S/C32H32N4O3/c1-39-28-16-14-27(15-17-28)34-32(38)35-18-4-5-19-36-29(21-35)31(30(36)22-37)25-12-9-23(10-13-25)8-11-24-6-2-3-7-26(24)20-33/h2-3,6-7,9-10,12-17,29-31,37H,4-5,18-19,21-22H2,1H3,(H,34,38)/t29-,30+,31+/m0/s1. The molecule has 2 aliphatic heterocycles. The lowest BCUT2D eigenvalue weighted by atomic mass is 9.74. The third-order valence-corrected chi connectivity index (χ3v) is 7.68. The maximum absolute atomic E-state index is 13.2.